The van der Waals surface area contributed by atoms with Gasteiger partial charge in [0.25, 0.3) is 0 Å². The van der Waals surface area contributed by atoms with Gasteiger partial charge < -0.3 is 10.2 Å². The van der Waals surface area contributed by atoms with Crippen molar-refractivity contribution < 1.29 is 10.2 Å². The molecule has 2 nitrogen and oxygen atoms in total. The van der Waals surface area contributed by atoms with E-state index >= 15 is 0 Å². The lowest BCUT2D eigenvalue weighted by molar-refractivity contribution is 0.233. The quantitative estimate of drug-likeness (QED) is 0.156. The van der Waals surface area contributed by atoms with Crippen LogP contribution in [-0.2, 0) is 18.3 Å². The first-order valence-electron chi connectivity index (χ1n) is 20.4. The SMILES string of the molecule is Cc1cc(CC(C)C(C)CCCC(C)CCc2cccc(C3c4ccccc4-c4ccccc4C3C)c2O)c(O)c(C23CCC(CC(C)C2)C3)c1. The molecule has 3 aliphatic rings. The molecule has 3 aliphatic carbocycles. The average molecular weight is 683 g/mol. The second-order valence-electron chi connectivity index (χ2n) is 17.8. The molecule has 0 aromatic heterocycles. The number of para-hydroxylation sites is 1. The molecule has 7 rings (SSSR count). The van der Waals surface area contributed by atoms with Crippen molar-refractivity contribution in [3.05, 3.63) is 118 Å². The molecule has 4 aromatic rings. The molecule has 51 heavy (non-hydrogen) atoms. The van der Waals surface area contributed by atoms with Gasteiger partial charge in [-0.1, -0.05) is 138 Å². The molecular weight excluding hydrogens is 621 g/mol. The van der Waals surface area contributed by atoms with Crippen molar-refractivity contribution in [2.24, 2.45) is 29.6 Å². The van der Waals surface area contributed by atoms with Crippen LogP contribution in [0.5, 0.6) is 11.5 Å². The van der Waals surface area contributed by atoms with Crippen LogP contribution in [0.15, 0.2) is 78.9 Å². The number of phenols is 2. The third-order valence-electron chi connectivity index (χ3n) is 13.9. The van der Waals surface area contributed by atoms with Crippen LogP contribution in [0.3, 0.4) is 0 Å². The molecule has 270 valence electrons. The van der Waals surface area contributed by atoms with E-state index < -0.39 is 0 Å². The lowest BCUT2D eigenvalue weighted by Crippen LogP contribution is -2.30. The van der Waals surface area contributed by atoms with Crippen molar-refractivity contribution in [3.63, 3.8) is 0 Å². The van der Waals surface area contributed by atoms with Gasteiger partial charge in [-0.05, 0) is 133 Å². The number of phenolic OH excluding ortho intramolecular Hbond substituents is 2. The predicted molar refractivity (Wildman–Crippen MR) is 214 cm³/mol. The fraction of sp³-hybridized carbons (Fsp3) is 0.510. The molecule has 4 aromatic carbocycles. The highest BCUT2D eigenvalue weighted by Gasteiger charge is 2.47. The first kappa shape index (κ1) is 35.9. The summed E-state index contributed by atoms with van der Waals surface area (Å²) in [6.45, 7) is 14.2. The standard InChI is InChI=1S/C49H62O2/c1-31(13-11-14-34(4)35(5)28-39-26-32(2)27-45(48(39)51)49-24-23-37(30-49)25-33(3)29-49)21-22-38-15-12-20-44(47(38)50)46-36(6)40-16-7-8-17-41(40)42-18-9-10-19-43(42)46/h7-10,12,15-20,26-27,31,33-37,46,50-51H,11,13-14,21-25,28-30H2,1-6H3. The molecule has 0 amide bonds. The largest absolute Gasteiger partial charge is 0.507 e. The maximum Gasteiger partial charge on any atom is 0.122 e. The van der Waals surface area contributed by atoms with E-state index in [1.54, 1.807) is 0 Å². The van der Waals surface area contributed by atoms with Gasteiger partial charge in [-0.25, -0.2) is 0 Å². The van der Waals surface area contributed by atoms with Crippen LogP contribution in [0.25, 0.3) is 11.1 Å². The molecule has 2 fully saturated rings. The highest BCUT2D eigenvalue weighted by molar-refractivity contribution is 5.76. The van der Waals surface area contributed by atoms with E-state index in [0.717, 1.165) is 42.2 Å². The molecule has 8 unspecified atom stereocenters. The normalized spacial score (nSPS) is 25.5. The zero-order valence-electron chi connectivity index (χ0n) is 32.2. The molecule has 2 saturated carbocycles. The Balaban J connectivity index is 0.942. The molecule has 0 spiro atoms. The van der Waals surface area contributed by atoms with E-state index in [9.17, 15) is 10.2 Å². The molecule has 0 aliphatic heterocycles. The summed E-state index contributed by atoms with van der Waals surface area (Å²) >= 11 is 0. The minimum atomic E-state index is 0.135. The van der Waals surface area contributed by atoms with Gasteiger partial charge in [-0.2, -0.15) is 0 Å². The Morgan fingerprint density at radius 3 is 2.22 bits per heavy atom. The van der Waals surface area contributed by atoms with Crippen molar-refractivity contribution in [3.8, 4) is 22.6 Å². The Bertz CT molecular complexity index is 1840. The summed E-state index contributed by atoms with van der Waals surface area (Å²) in [6.07, 6.45) is 13.1. The Morgan fingerprint density at radius 1 is 0.725 bits per heavy atom. The van der Waals surface area contributed by atoms with E-state index in [-0.39, 0.29) is 17.3 Å². The zero-order chi connectivity index (χ0) is 35.9. The third kappa shape index (κ3) is 7.14. The topological polar surface area (TPSA) is 40.5 Å². The Kier molecular flexibility index (Phi) is 10.4. The number of fused-ring (bicyclic) bond motifs is 5. The number of hydrogen-bond donors (Lipinski definition) is 2. The summed E-state index contributed by atoms with van der Waals surface area (Å²) in [5.41, 5.74) is 11.4. The van der Waals surface area contributed by atoms with Gasteiger partial charge in [-0.15, -0.1) is 0 Å². The first-order valence-corrected chi connectivity index (χ1v) is 20.4. The zero-order valence-corrected chi connectivity index (χ0v) is 32.2. The smallest absolute Gasteiger partial charge is 0.122 e. The molecule has 8 atom stereocenters. The molecule has 2 heteroatoms. The second-order valence-corrected chi connectivity index (χ2v) is 17.8. The molecule has 2 bridgehead atoms. The van der Waals surface area contributed by atoms with Crippen LogP contribution in [0.2, 0.25) is 0 Å². The van der Waals surface area contributed by atoms with E-state index in [2.05, 4.69) is 120 Å². The van der Waals surface area contributed by atoms with Crippen molar-refractivity contribution in [1.82, 2.24) is 0 Å². The Labute approximate surface area is 308 Å². The number of aryl methyl sites for hydroxylation is 2. The lowest BCUT2D eigenvalue weighted by atomic mass is 9.66. The maximum atomic E-state index is 11.7. The monoisotopic (exact) mass is 682 g/mol. The molecular formula is C49H62O2. The molecule has 0 saturated heterocycles. The highest BCUT2D eigenvalue weighted by Crippen LogP contribution is 2.57. The van der Waals surface area contributed by atoms with E-state index in [1.165, 1.54) is 90.3 Å². The highest BCUT2D eigenvalue weighted by atomic mass is 16.3. The summed E-state index contributed by atoms with van der Waals surface area (Å²) in [5, 5.41) is 23.4. The third-order valence-corrected chi connectivity index (χ3v) is 13.9. The van der Waals surface area contributed by atoms with Gasteiger partial charge in [0, 0.05) is 17.0 Å². The van der Waals surface area contributed by atoms with Crippen LogP contribution in [0.4, 0.5) is 0 Å². The van der Waals surface area contributed by atoms with Gasteiger partial charge >= 0.3 is 0 Å². The summed E-state index contributed by atoms with van der Waals surface area (Å²) < 4.78 is 0. The molecule has 2 N–H and O–H groups in total. The average Bonchev–Trinajstić information content (AvgIpc) is 3.44. The van der Waals surface area contributed by atoms with Crippen LogP contribution in [-0.4, -0.2) is 10.2 Å². The first-order chi connectivity index (χ1) is 24.5. The summed E-state index contributed by atoms with van der Waals surface area (Å²) in [7, 11) is 0. The fourth-order valence-corrected chi connectivity index (χ4v) is 11.0. The van der Waals surface area contributed by atoms with E-state index in [0.29, 0.717) is 29.3 Å². The number of aromatic hydroxyl groups is 2. The van der Waals surface area contributed by atoms with Crippen LogP contribution in [0, 0.1) is 36.5 Å². The summed E-state index contributed by atoms with van der Waals surface area (Å²) in [6, 6.07) is 28.6. The number of rotatable bonds is 12. The van der Waals surface area contributed by atoms with Crippen LogP contribution in [0.1, 0.15) is 143 Å². The number of hydrogen-bond acceptors (Lipinski definition) is 2. The van der Waals surface area contributed by atoms with Crippen molar-refractivity contribution >= 4 is 0 Å². The van der Waals surface area contributed by atoms with Gasteiger partial charge in [0.1, 0.15) is 11.5 Å². The van der Waals surface area contributed by atoms with E-state index in [4.69, 9.17) is 0 Å². The second kappa shape index (κ2) is 14.8. The lowest BCUT2D eigenvalue weighted by Gasteiger charge is -2.38. The van der Waals surface area contributed by atoms with E-state index in [1.807, 2.05) is 0 Å². The predicted octanol–water partition coefficient (Wildman–Crippen LogP) is 13.0. The molecule has 0 heterocycles. The van der Waals surface area contributed by atoms with Crippen molar-refractivity contribution in [1.29, 1.82) is 0 Å². The number of benzene rings is 4. The molecule has 0 radical (unpaired) electrons. The maximum absolute atomic E-state index is 11.7. The van der Waals surface area contributed by atoms with Gasteiger partial charge in [0.2, 0.25) is 0 Å². The van der Waals surface area contributed by atoms with Gasteiger partial charge in [0.05, 0.1) is 0 Å². The van der Waals surface area contributed by atoms with Crippen molar-refractivity contribution in [2.45, 2.75) is 129 Å². The fourth-order valence-electron chi connectivity index (χ4n) is 11.0. The Hall–Kier alpha value is -3.52. The van der Waals surface area contributed by atoms with Gasteiger partial charge in [-0.3, -0.25) is 0 Å². The van der Waals surface area contributed by atoms with Crippen LogP contribution >= 0.6 is 0 Å². The van der Waals surface area contributed by atoms with Crippen LogP contribution < -0.4 is 0 Å². The van der Waals surface area contributed by atoms with Gasteiger partial charge in [0.15, 0.2) is 0 Å². The summed E-state index contributed by atoms with van der Waals surface area (Å²) in [4.78, 5) is 0. The summed E-state index contributed by atoms with van der Waals surface area (Å²) in [5.74, 6) is 4.87. The minimum Gasteiger partial charge on any atom is -0.507 e. The minimum absolute atomic E-state index is 0.135. The Morgan fingerprint density at radius 2 is 1.43 bits per heavy atom. The van der Waals surface area contributed by atoms with Crippen molar-refractivity contribution in [2.75, 3.05) is 0 Å².